The highest BCUT2D eigenvalue weighted by Crippen LogP contribution is 2.39. The van der Waals surface area contributed by atoms with Crippen LogP contribution >= 0.6 is 0 Å². The van der Waals surface area contributed by atoms with Crippen molar-refractivity contribution in [3.8, 4) is 0 Å². The van der Waals surface area contributed by atoms with Crippen molar-refractivity contribution in [1.29, 1.82) is 0 Å². The lowest BCUT2D eigenvalue weighted by Crippen LogP contribution is -2.18. The Balaban J connectivity index is 5.78. The van der Waals surface area contributed by atoms with Crippen LogP contribution in [0.5, 0.6) is 0 Å². The maximum atomic E-state index is 4.17. The number of allylic oxidation sites excluding steroid dienone is 9. The summed E-state index contributed by atoms with van der Waals surface area (Å²) < 4.78 is 0. The Hall–Kier alpha value is -1.30. The van der Waals surface area contributed by atoms with Crippen LogP contribution in [0.25, 0.3) is 0 Å². The van der Waals surface area contributed by atoms with Crippen LogP contribution in [0.3, 0.4) is 0 Å². The molecule has 0 heterocycles. The summed E-state index contributed by atoms with van der Waals surface area (Å²) in [4.78, 5) is 0. The molecule has 0 rings (SSSR count). The van der Waals surface area contributed by atoms with Gasteiger partial charge < -0.3 is 0 Å². The molecule has 0 heteroatoms. The molecule has 0 aliphatic carbocycles. The van der Waals surface area contributed by atoms with Crippen molar-refractivity contribution in [2.45, 2.75) is 41.0 Å². The summed E-state index contributed by atoms with van der Waals surface area (Å²) in [5.41, 5.74) is 2.26. The van der Waals surface area contributed by atoms with Gasteiger partial charge in [0.15, 0.2) is 0 Å². The highest BCUT2D eigenvalue weighted by molar-refractivity contribution is 5.45. The first-order valence-corrected chi connectivity index (χ1v) is 6.36. The fraction of sp³-hybridized carbons (Fsp3) is 0.412. The molecular formula is C17H26. The van der Waals surface area contributed by atoms with Gasteiger partial charge in [-0.2, -0.15) is 0 Å². The number of hydrogen-bond donors (Lipinski definition) is 0. The molecule has 0 aliphatic heterocycles. The zero-order valence-electron chi connectivity index (χ0n) is 12.0. The maximum Gasteiger partial charge on any atom is 0.0513 e. The van der Waals surface area contributed by atoms with Crippen molar-refractivity contribution in [3.05, 3.63) is 60.3 Å². The van der Waals surface area contributed by atoms with E-state index in [2.05, 4.69) is 76.8 Å². The monoisotopic (exact) mass is 230 g/mol. The summed E-state index contributed by atoms with van der Waals surface area (Å²) in [6.07, 6.45) is 16.2. The Morgan fingerprint density at radius 1 is 1.12 bits per heavy atom. The van der Waals surface area contributed by atoms with E-state index in [0.717, 1.165) is 12.0 Å². The van der Waals surface area contributed by atoms with Gasteiger partial charge >= 0.3 is 0 Å². The van der Waals surface area contributed by atoms with Crippen molar-refractivity contribution in [2.75, 3.05) is 0 Å². The predicted octanol–water partition coefficient (Wildman–Crippen LogP) is 5.61. The Morgan fingerprint density at radius 3 is 2.12 bits per heavy atom. The third-order valence-electron chi connectivity index (χ3n) is 2.89. The highest BCUT2D eigenvalue weighted by atomic mass is 14.3. The fourth-order valence-electron chi connectivity index (χ4n) is 2.00. The smallest absolute Gasteiger partial charge is 0.0513 e. The molecular weight excluding hydrogens is 204 g/mol. The summed E-state index contributed by atoms with van der Waals surface area (Å²) in [5.74, 6) is 0. The largest absolute Gasteiger partial charge is 0.0986 e. The predicted molar refractivity (Wildman–Crippen MR) is 80.1 cm³/mol. The van der Waals surface area contributed by atoms with Gasteiger partial charge in [-0.1, -0.05) is 61.6 Å². The fourth-order valence-corrected chi connectivity index (χ4v) is 2.00. The lowest BCUT2D eigenvalue weighted by molar-refractivity contribution is 0.713. The van der Waals surface area contributed by atoms with Crippen LogP contribution in [0.2, 0.25) is 0 Å². The van der Waals surface area contributed by atoms with Crippen LogP contribution in [-0.4, -0.2) is 0 Å². The highest BCUT2D eigenvalue weighted by Gasteiger charge is 2.27. The molecule has 0 nitrogen and oxygen atoms in total. The van der Waals surface area contributed by atoms with Gasteiger partial charge in [-0.05, 0) is 39.7 Å². The minimum absolute atomic E-state index is 0.161. The standard InChI is InChI=1S/C17H26/c1-7-11-14-17(13-9-3,15(5)6)16(10-4)12-8-2/h8-14H,5,7H2,1-4,6H3. The second-order valence-corrected chi connectivity index (χ2v) is 4.20. The molecule has 0 bridgehead atoms. The van der Waals surface area contributed by atoms with Crippen LogP contribution < -0.4 is 0 Å². The SMILES string of the molecule is C=C(C)C(C=CC)(C=CCC)C(C=CC)=CC. The molecule has 0 amide bonds. The van der Waals surface area contributed by atoms with E-state index in [9.17, 15) is 0 Å². The molecule has 0 N–H and O–H groups in total. The molecule has 0 radical (unpaired) electrons. The van der Waals surface area contributed by atoms with Crippen molar-refractivity contribution >= 4 is 0 Å². The van der Waals surface area contributed by atoms with Crippen molar-refractivity contribution in [3.63, 3.8) is 0 Å². The molecule has 0 fully saturated rings. The van der Waals surface area contributed by atoms with E-state index in [0.29, 0.717) is 0 Å². The van der Waals surface area contributed by atoms with Crippen LogP contribution in [0.15, 0.2) is 60.3 Å². The molecule has 0 saturated carbocycles. The van der Waals surface area contributed by atoms with Gasteiger partial charge in [-0.3, -0.25) is 0 Å². The molecule has 0 saturated heterocycles. The molecule has 0 aliphatic rings. The number of hydrogen-bond acceptors (Lipinski definition) is 0. The summed E-state index contributed by atoms with van der Waals surface area (Å²) in [5, 5.41) is 0. The van der Waals surface area contributed by atoms with E-state index in [4.69, 9.17) is 0 Å². The van der Waals surface area contributed by atoms with Crippen LogP contribution in [0.1, 0.15) is 41.0 Å². The van der Waals surface area contributed by atoms with Crippen LogP contribution in [-0.2, 0) is 0 Å². The minimum atomic E-state index is -0.161. The second-order valence-electron chi connectivity index (χ2n) is 4.20. The first-order chi connectivity index (χ1) is 8.08. The van der Waals surface area contributed by atoms with Crippen molar-refractivity contribution < 1.29 is 0 Å². The normalized spacial score (nSPS) is 17.1. The van der Waals surface area contributed by atoms with Crippen molar-refractivity contribution in [2.24, 2.45) is 5.41 Å². The Bertz CT molecular complexity index is 350. The van der Waals surface area contributed by atoms with Gasteiger partial charge in [0.1, 0.15) is 0 Å². The van der Waals surface area contributed by atoms with E-state index in [-0.39, 0.29) is 5.41 Å². The molecule has 0 aromatic rings. The Labute approximate surface area is 107 Å². The zero-order valence-corrected chi connectivity index (χ0v) is 12.0. The summed E-state index contributed by atoms with van der Waals surface area (Å²) in [7, 11) is 0. The average Bonchev–Trinajstić information content (AvgIpc) is 2.31. The maximum absolute atomic E-state index is 4.17. The molecule has 1 atom stereocenters. The quantitative estimate of drug-likeness (QED) is 0.411. The van der Waals surface area contributed by atoms with E-state index in [1.165, 1.54) is 5.57 Å². The Kier molecular flexibility index (Phi) is 7.29. The third kappa shape index (κ3) is 3.89. The van der Waals surface area contributed by atoms with E-state index in [1.54, 1.807) is 0 Å². The molecule has 17 heavy (non-hydrogen) atoms. The van der Waals surface area contributed by atoms with Crippen molar-refractivity contribution in [1.82, 2.24) is 0 Å². The van der Waals surface area contributed by atoms with E-state index >= 15 is 0 Å². The summed E-state index contributed by atoms with van der Waals surface area (Å²) >= 11 is 0. The van der Waals surface area contributed by atoms with Gasteiger partial charge in [0.2, 0.25) is 0 Å². The lowest BCUT2D eigenvalue weighted by Gasteiger charge is -2.30. The first kappa shape index (κ1) is 15.7. The van der Waals surface area contributed by atoms with E-state index in [1.807, 2.05) is 6.92 Å². The zero-order chi connectivity index (χ0) is 13.3. The third-order valence-corrected chi connectivity index (χ3v) is 2.89. The average molecular weight is 230 g/mol. The Morgan fingerprint density at radius 2 is 1.76 bits per heavy atom. The number of rotatable bonds is 6. The topological polar surface area (TPSA) is 0 Å². The summed E-state index contributed by atoms with van der Waals surface area (Å²) in [6, 6.07) is 0. The van der Waals surface area contributed by atoms with Gasteiger partial charge in [0.05, 0.1) is 5.41 Å². The molecule has 0 aromatic carbocycles. The van der Waals surface area contributed by atoms with Crippen LogP contribution in [0.4, 0.5) is 0 Å². The minimum Gasteiger partial charge on any atom is -0.0986 e. The van der Waals surface area contributed by atoms with Gasteiger partial charge in [0, 0.05) is 0 Å². The molecule has 0 spiro atoms. The lowest BCUT2D eigenvalue weighted by atomic mass is 9.73. The van der Waals surface area contributed by atoms with Gasteiger partial charge in [-0.15, -0.1) is 0 Å². The molecule has 1 unspecified atom stereocenters. The van der Waals surface area contributed by atoms with E-state index < -0.39 is 0 Å². The van der Waals surface area contributed by atoms with Gasteiger partial charge in [0.25, 0.3) is 0 Å². The first-order valence-electron chi connectivity index (χ1n) is 6.36. The molecule has 94 valence electrons. The second kappa shape index (κ2) is 7.89. The summed E-state index contributed by atoms with van der Waals surface area (Å²) in [6.45, 7) is 14.6. The van der Waals surface area contributed by atoms with Crippen LogP contribution in [0, 0.1) is 5.41 Å². The molecule has 0 aromatic heterocycles. The van der Waals surface area contributed by atoms with Gasteiger partial charge in [-0.25, -0.2) is 0 Å².